The number of imidazole rings is 1. The fourth-order valence-corrected chi connectivity index (χ4v) is 7.73. The van der Waals surface area contributed by atoms with Crippen molar-refractivity contribution in [3.8, 4) is 67.5 Å². The molecule has 4 nitrogen and oxygen atoms in total. The van der Waals surface area contributed by atoms with Gasteiger partial charge >= 0.3 is 0 Å². The number of pyridine rings is 1. The Kier molecular flexibility index (Phi) is 9.53. The van der Waals surface area contributed by atoms with Crippen molar-refractivity contribution in [2.24, 2.45) is 0 Å². The van der Waals surface area contributed by atoms with Crippen LogP contribution in [0.5, 0.6) is 5.75 Å². The Balaban J connectivity index is 0.00000703. The van der Waals surface area contributed by atoms with Gasteiger partial charge in [0.2, 0.25) is 0 Å². The number of fused-ring (bicyclic) bond motifs is 1. The number of hydrogen-bond donors (Lipinski definition) is 1. The van der Waals surface area contributed by atoms with E-state index in [0.29, 0.717) is 33.6 Å². The molecule has 2 heterocycles. The van der Waals surface area contributed by atoms with E-state index in [2.05, 4.69) is 121 Å². The third-order valence-corrected chi connectivity index (χ3v) is 11.2. The maximum absolute atomic E-state index is 12.3. The Morgan fingerprint density at radius 3 is 2.07 bits per heavy atom. The molecule has 1 N–H and O–H groups in total. The van der Waals surface area contributed by atoms with Crippen LogP contribution in [0, 0.1) is 6.07 Å². The quantitative estimate of drug-likeness (QED) is 0.154. The van der Waals surface area contributed by atoms with Crippen molar-refractivity contribution in [2.75, 3.05) is 0 Å². The second kappa shape index (κ2) is 17.1. The van der Waals surface area contributed by atoms with Crippen LogP contribution in [0.1, 0.15) is 114 Å². The molecule has 2 aromatic heterocycles. The monoisotopic (exact) mass is 989 g/mol. The molecule has 0 amide bonds. The number of aromatic hydroxyl groups is 1. The van der Waals surface area contributed by atoms with Crippen LogP contribution in [0.3, 0.4) is 0 Å². The molecule has 0 saturated carbocycles. The molecule has 0 aliphatic heterocycles. The van der Waals surface area contributed by atoms with E-state index in [4.69, 9.17) is 14.6 Å². The molecule has 0 aliphatic rings. The number of hydrogen-bond acceptors (Lipinski definition) is 3. The molecule has 5 heteroatoms. The van der Waals surface area contributed by atoms with Crippen molar-refractivity contribution in [3.05, 3.63) is 168 Å². The van der Waals surface area contributed by atoms with Crippen LogP contribution < -0.4 is 0 Å². The Bertz CT molecular complexity index is 3290. The zero-order chi connectivity index (χ0) is 49.5. The standard InChI is InChI=1S/C56H56N3O.Pt/c1-35(2)41-31-46(36(3)4)53(60)47(32-41)54-58-52-45(22-17-23-51(52)59(54)50-25-24-39(33-48(50)56(8,9)10)37-18-13-11-14-19-37)42-28-43(30-44(29-42)55(5,6)7)49-34-40(26-27-57-49)38-20-15-12-16-21-38;/h11-27,29-36,60H,1-10H3;/q-1;/i12D,15D,16D,20D,21D,26D,27D,34D;. The van der Waals surface area contributed by atoms with Crippen LogP contribution in [0.25, 0.3) is 72.7 Å². The van der Waals surface area contributed by atoms with Crippen molar-refractivity contribution in [1.82, 2.24) is 14.5 Å². The molecular weight excluding hydrogens is 926 g/mol. The first-order valence-electron chi connectivity index (χ1n) is 24.6. The molecule has 0 unspecified atom stereocenters. The normalized spacial score (nSPS) is 13.8. The minimum absolute atomic E-state index is 0. The van der Waals surface area contributed by atoms with Crippen LogP contribution in [-0.4, -0.2) is 19.6 Å². The van der Waals surface area contributed by atoms with E-state index >= 15 is 0 Å². The van der Waals surface area contributed by atoms with E-state index in [0.717, 1.165) is 44.6 Å². The summed E-state index contributed by atoms with van der Waals surface area (Å²) in [4.78, 5) is 9.96. The van der Waals surface area contributed by atoms with Gasteiger partial charge in [-0.2, -0.15) is 0 Å². The van der Waals surface area contributed by atoms with Crippen molar-refractivity contribution >= 4 is 11.0 Å². The van der Waals surface area contributed by atoms with Gasteiger partial charge in [0.25, 0.3) is 0 Å². The van der Waals surface area contributed by atoms with Crippen molar-refractivity contribution in [3.63, 3.8) is 0 Å². The average molecular weight is 990 g/mol. The minimum atomic E-state index is -0.605. The molecule has 0 saturated heterocycles. The van der Waals surface area contributed by atoms with Gasteiger partial charge in [-0.3, -0.25) is 9.55 Å². The summed E-state index contributed by atoms with van der Waals surface area (Å²) in [7, 11) is 0. The topological polar surface area (TPSA) is 50.9 Å². The van der Waals surface area contributed by atoms with Crippen molar-refractivity contribution in [2.45, 2.75) is 91.9 Å². The van der Waals surface area contributed by atoms with Gasteiger partial charge < -0.3 is 5.11 Å². The molecule has 312 valence electrons. The Hall–Kier alpha value is -5.57. The Morgan fingerprint density at radius 1 is 0.672 bits per heavy atom. The molecule has 0 spiro atoms. The molecule has 0 aliphatic carbocycles. The van der Waals surface area contributed by atoms with Gasteiger partial charge in [-0.25, -0.2) is 4.98 Å². The number of nitrogens with zero attached hydrogens (tertiary/aromatic N) is 3. The predicted molar refractivity (Wildman–Crippen MR) is 252 cm³/mol. The molecule has 0 atom stereocenters. The van der Waals surface area contributed by atoms with Crippen LogP contribution >= 0.6 is 0 Å². The van der Waals surface area contributed by atoms with Gasteiger partial charge in [-0.1, -0.05) is 171 Å². The zero-order valence-corrected chi connectivity index (χ0v) is 38.7. The first-order chi connectivity index (χ1) is 31.9. The Labute approximate surface area is 388 Å². The van der Waals surface area contributed by atoms with Gasteiger partial charge in [-0.15, -0.1) is 29.3 Å². The molecule has 8 aromatic rings. The van der Waals surface area contributed by atoms with E-state index < -0.39 is 47.8 Å². The maximum Gasteiger partial charge on any atom is 0.148 e. The van der Waals surface area contributed by atoms with Crippen LogP contribution in [0.15, 0.2) is 139 Å². The van der Waals surface area contributed by atoms with E-state index in [9.17, 15) is 6.48 Å². The Morgan fingerprint density at radius 2 is 1.39 bits per heavy atom. The SMILES string of the molecule is [2H]c1nc(-c2[c-]c(-c3cccc4c3nc(-c3cc(C(C)C)cc(C(C)C)c3O)n4-c3ccc(-c4ccccc4)cc3C(C)(C)C)cc(C(C)(C)C)c2)c([2H])c(-c2c([2H])c([2H])c([2H])c([2H])c2[2H])c1[2H].[Pt]. The summed E-state index contributed by atoms with van der Waals surface area (Å²) >= 11 is 0. The van der Waals surface area contributed by atoms with E-state index in [1.165, 1.54) is 0 Å². The van der Waals surface area contributed by atoms with Gasteiger partial charge in [0.15, 0.2) is 0 Å². The molecule has 61 heavy (non-hydrogen) atoms. The third kappa shape index (κ3) is 8.66. The number of para-hydroxylation sites is 1. The summed E-state index contributed by atoms with van der Waals surface area (Å²) in [6, 6.07) is 30.4. The van der Waals surface area contributed by atoms with E-state index in [1.807, 2.05) is 54.6 Å². The molecule has 6 aromatic carbocycles. The first-order valence-corrected chi connectivity index (χ1v) is 20.6. The third-order valence-electron chi connectivity index (χ3n) is 11.2. The van der Waals surface area contributed by atoms with E-state index in [1.54, 1.807) is 0 Å². The zero-order valence-electron chi connectivity index (χ0n) is 44.4. The fraction of sp³-hybridized carbons (Fsp3) is 0.250. The summed E-state index contributed by atoms with van der Waals surface area (Å²) in [5, 5.41) is 12.3. The van der Waals surface area contributed by atoms with Crippen LogP contribution in [0.2, 0.25) is 0 Å². The number of phenols is 1. The molecule has 0 fully saturated rings. The van der Waals surface area contributed by atoms with E-state index in [-0.39, 0.29) is 66.9 Å². The molecule has 8 rings (SSSR count). The van der Waals surface area contributed by atoms with Crippen molar-refractivity contribution in [1.29, 1.82) is 0 Å². The fourth-order valence-electron chi connectivity index (χ4n) is 7.73. The summed E-state index contributed by atoms with van der Waals surface area (Å²) in [6.07, 6.45) is -0.517. The van der Waals surface area contributed by atoms with Crippen LogP contribution in [-0.2, 0) is 31.9 Å². The maximum atomic E-state index is 12.3. The van der Waals surface area contributed by atoms with Gasteiger partial charge in [-0.05, 0) is 91.9 Å². The average Bonchev–Trinajstić information content (AvgIpc) is 3.68. The number of benzene rings is 6. The van der Waals surface area contributed by atoms with Gasteiger partial charge in [0.1, 0.15) is 11.6 Å². The minimum Gasteiger partial charge on any atom is -0.507 e. The van der Waals surface area contributed by atoms with Gasteiger partial charge in [0.05, 0.1) is 33.3 Å². The van der Waals surface area contributed by atoms with Crippen LogP contribution in [0.4, 0.5) is 0 Å². The smallest absolute Gasteiger partial charge is 0.148 e. The number of phenolic OH excluding ortho intramolecular Hbond substituents is 1. The number of rotatable bonds is 8. The second-order valence-electron chi connectivity index (χ2n) is 18.3. The predicted octanol–water partition coefficient (Wildman–Crippen LogP) is 15.1. The number of aromatic nitrogens is 3. The first kappa shape index (κ1) is 34.1. The summed E-state index contributed by atoms with van der Waals surface area (Å²) in [6.45, 7) is 21.2. The summed E-state index contributed by atoms with van der Waals surface area (Å²) in [5.74, 6) is 0.905. The molecule has 0 bridgehead atoms. The molecular formula is C56H56N3OPt-. The largest absolute Gasteiger partial charge is 0.507 e. The summed E-state index contributed by atoms with van der Waals surface area (Å²) in [5.41, 5.74) is 9.11. The molecule has 0 radical (unpaired) electrons. The second-order valence-corrected chi connectivity index (χ2v) is 18.3. The van der Waals surface area contributed by atoms with Crippen molar-refractivity contribution < 1.29 is 37.1 Å². The van der Waals surface area contributed by atoms with Gasteiger partial charge in [0, 0.05) is 32.9 Å². The summed E-state index contributed by atoms with van der Waals surface area (Å²) < 4.78 is 71.6.